The van der Waals surface area contributed by atoms with Crippen LogP contribution in [0.1, 0.15) is 24.5 Å². The van der Waals surface area contributed by atoms with Gasteiger partial charge in [0.05, 0.1) is 5.71 Å². The number of nitrogens with zero attached hydrogens (tertiary/aromatic N) is 1. The number of oxime groups is 1. The van der Waals surface area contributed by atoms with E-state index in [1.54, 1.807) is 0 Å². The summed E-state index contributed by atoms with van der Waals surface area (Å²) in [5.41, 5.74) is 4.48. The predicted molar refractivity (Wildman–Crippen MR) is 82.3 cm³/mol. The molecule has 2 aromatic rings. The minimum Gasteiger partial charge on any atom is -0.382 e. The van der Waals surface area contributed by atoms with Crippen LogP contribution < -0.4 is 5.32 Å². The van der Waals surface area contributed by atoms with E-state index >= 15 is 0 Å². The van der Waals surface area contributed by atoms with Crippen molar-refractivity contribution in [3.05, 3.63) is 35.5 Å². The van der Waals surface area contributed by atoms with Crippen LogP contribution in [0.25, 0.3) is 10.9 Å². The lowest BCUT2D eigenvalue weighted by Crippen LogP contribution is -2.35. The molecule has 1 aromatic carbocycles. The van der Waals surface area contributed by atoms with Crippen LogP contribution in [0.15, 0.2) is 29.6 Å². The molecule has 1 aliphatic rings. The minimum absolute atomic E-state index is 0.0911. The zero-order valence-electron chi connectivity index (χ0n) is 12.3. The van der Waals surface area contributed by atoms with Crippen molar-refractivity contribution in [1.29, 1.82) is 0 Å². The molecule has 0 saturated heterocycles. The van der Waals surface area contributed by atoms with Crippen molar-refractivity contribution < 1.29 is 9.63 Å². The number of fused-ring (bicyclic) bond motifs is 1. The van der Waals surface area contributed by atoms with Gasteiger partial charge in [-0.25, -0.2) is 0 Å². The SMILES string of the molecule is CC1=NO[C@H](C(=O)NCCc2c[nH]c3c(C)cccc23)C1. The monoisotopic (exact) mass is 285 g/mol. The first-order valence-electron chi connectivity index (χ1n) is 7.17. The van der Waals surface area contributed by atoms with Gasteiger partial charge in [0.15, 0.2) is 0 Å². The fraction of sp³-hybridized carbons (Fsp3) is 0.375. The van der Waals surface area contributed by atoms with E-state index in [1.807, 2.05) is 13.1 Å². The van der Waals surface area contributed by atoms with Crippen LogP contribution in [-0.4, -0.2) is 29.3 Å². The molecule has 3 rings (SSSR count). The van der Waals surface area contributed by atoms with Gasteiger partial charge in [0.1, 0.15) is 0 Å². The van der Waals surface area contributed by atoms with E-state index < -0.39 is 6.10 Å². The quantitative estimate of drug-likeness (QED) is 0.905. The van der Waals surface area contributed by atoms with E-state index in [0.717, 1.165) is 12.1 Å². The van der Waals surface area contributed by atoms with E-state index in [0.29, 0.717) is 13.0 Å². The normalized spacial score (nSPS) is 17.6. The van der Waals surface area contributed by atoms with Crippen molar-refractivity contribution in [2.24, 2.45) is 5.16 Å². The number of rotatable bonds is 4. The highest BCUT2D eigenvalue weighted by Gasteiger charge is 2.25. The maximum Gasteiger partial charge on any atom is 0.264 e. The Bertz CT molecular complexity index is 703. The van der Waals surface area contributed by atoms with Gasteiger partial charge in [0.25, 0.3) is 5.91 Å². The van der Waals surface area contributed by atoms with Gasteiger partial charge in [-0.3, -0.25) is 4.79 Å². The van der Waals surface area contributed by atoms with E-state index in [4.69, 9.17) is 4.84 Å². The molecule has 1 amide bonds. The molecule has 2 heterocycles. The summed E-state index contributed by atoms with van der Waals surface area (Å²) in [6, 6.07) is 6.25. The number of H-pyrrole nitrogens is 1. The van der Waals surface area contributed by atoms with Crippen LogP contribution in [0.3, 0.4) is 0 Å². The molecule has 2 N–H and O–H groups in total. The highest BCUT2D eigenvalue weighted by molar-refractivity contribution is 5.91. The minimum atomic E-state index is -0.463. The zero-order valence-corrected chi connectivity index (χ0v) is 12.3. The number of carbonyl (C=O) groups excluding carboxylic acids is 1. The Morgan fingerprint density at radius 1 is 1.48 bits per heavy atom. The predicted octanol–water partition coefficient (Wildman–Crippen LogP) is 2.30. The molecule has 1 aliphatic heterocycles. The maximum absolute atomic E-state index is 11.9. The molecular formula is C16H19N3O2. The Morgan fingerprint density at radius 2 is 2.33 bits per heavy atom. The summed E-state index contributed by atoms with van der Waals surface area (Å²) in [6.45, 7) is 4.55. The number of aromatic nitrogens is 1. The summed E-state index contributed by atoms with van der Waals surface area (Å²) in [6.07, 6.45) is 2.93. The van der Waals surface area contributed by atoms with E-state index in [2.05, 4.69) is 40.6 Å². The van der Waals surface area contributed by atoms with Gasteiger partial charge < -0.3 is 15.1 Å². The fourth-order valence-electron chi connectivity index (χ4n) is 2.64. The van der Waals surface area contributed by atoms with Crippen molar-refractivity contribution in [3.8, 4) is 0 Å². The Morgan fingerprint density at radius 3 is 3.10 bits per heavy atom. The second-order valence-corrected chi connectivity index (χ2v) is 5.48. The summed E-state index contributed by atoms with van der Waals surface area (Å²) < 4.78 is 0. The third-order valence-electron chi connectivity index (χ3n) is 3.81. The van der Waals surface area contributed by atoms with Gasteiger partial charge in [0, 0.05) is 30.1 Å². The standard InChI is InChI=1S/C16H19N3O2/c1-10-4-3-5-13-12(9-18-15(10)13)6-7-17-16(20)14-8-11(2)19-21-14/h3-5,9,14,18H,6-8H2,1-2H3,(H,17,20)/t14-/m0/s1. The number of hydrogen-bond donors (Lipinski definition) is 2. The number of hydrogen-bond acceptors (Lipinski definition) is 3. The molecule has 0 bridgehead atoms. The third kappa shape index (κ3) is 2.77. The molecule has 0 aliphatic carbocycles. The molecule has 1 atom stereocenters. The average Bonchev–Trinajstić information content (AvgIpc) is 3.07. The fourth-order valence-corrected chi connectivity index (χ4v) is 2.64. The molecule has 21 heavy (non-hydrogen) atoms. The largest absolute Gasteiger partial charge is 0.382 e. The number of amides is 1. The molecule has 5 heteroatoms. The summed E-state index contributed by atoms with van der Waals surface area (Å²) in [7, 11) is 0. The highest BCUT2D eigenvalue weighted by Crippen LogP contribution is 2.21. The number of nitrogens with one attached hydrogen (secondary N) is 2. The second kappa shape index (κ2) is 5.60. The Labute approximate surface area is 123 Å². The number of benzene rings is 1. The molecule has 110 valence electrons. The molecule has 1 aromatic heterocycles. The topological polar surface area (TPSA) is 66.5 Å². The third-order valence-corrected chi connectivity index (χ3v) is 3.81. The average molecular weight is 285 g/mol. The van der Waals surface area contributed by atoms with Gasteiger partial charge >= 0.3 is 0 Å². The van der Waals surface area contributed by atoms with Crippen LogP contribution in [0.5, 0.6) is 0 Å². The summed E-state index contributed by atoms with van der Waals surface area (Å²) >= 11 is 0. The van der Waals surface area contributed by atoms with Crippen LogP contribution in [-0.2, 0) is 16.1 Å². The van der Waals surface area contributed by atoms with Crippen LogP contribution >= 0.6 is 0 Å². The molecule has 0 unspecified atom stereocenters. The molecule has 5 nitrogen and oxygen atoms in total. The molecular weight excluding hydrogens is 266 g/mol. The smallest absolute Gasteiger partial charge is 0.264 e. The summed E-state index contributed by atoms with van der Waals surface area (Å²) in [5, 5.41) is 7.93. The summed E-state index contributed by atoms with van der Waals surface area (Å²) in [5.74, 6) is -0.0911. The first kappa shape index (κ1) is 13.7. The van der Waals surface area contributed by atoms with Crippen LogP contribution in [0.2, 0.25) is 0 Å². The lowest BCUT2D eigenvalue weighted by molar-refractivity contribution is -0.131. The second-order valence-electron chi connectivity index (χ2n) is 5.48. The maximum atomic E-state index is 11.9. The number of para-hydroxylation sites is 1. The zero-order chi connectivity index (χ0) is 14.8. The first-order chi connectivity index (χ1) is 10.1. The Hall–Kier alpha value is -2.30. The highest BCUT2D eigenvalue weighted by atomic mass is 16.6. The van der Waals surface area contributed by atoms with Crippen LogP contribution in [0.4, 0.5) is 0 Å². The van der Waals surface area contributed by atoms with Gasteiger partial charge in [-0.05, 0) is 31.4 Å². The first-order valence-corrected chi connectivity index (χ1v) is 7.17. The van der Waals surface area contributed by atoms with Crippen molar-refractivity contribution in [2.45, 2.75) is 32.8 Å². The summed E-state index contributed by atoms with van der Waals surface area (Å²) in [4.78, 5) is 20.3. The van der Waals surface area contributed by atoms with Gasteiger partial charge in [0.2, 0.25) is 6.10 Å². The van der Waals surface area contributed by atoms with Crippen molar-refractivity contribution in [1.82, 2.24) is 10.3 Å². The lowest BCUT2D eigenvalue weighted by Gasteiger charge is -2.09. The van der Waals surface area contributed by atoms with E-state index in [1.165, 1.54) is 22.0 Å². The Kier molecular flexibility index (Phi) is 3.64. The molecule has 0 spiro atoms. The molecule has 0 saturated carbocycles. The van der Waals surface area contributed by atoms with E-state index in [-0.39, 0.29) is 5.91 Å². The number of carbonyl (C=O) groups is 1. The van der Waals surface area contributed by atoms with Gasteiger partial charge in [-0.2, -0.15) is 0 Å². The van der Waals surface area contributed by atoms with Crippen molar-refractivity contribution >= 4 is 22.5 Å². The molecule has 0 fully saturated rings. The number of aryl methyl sites for hydroxylation is 1. The van der Waals surface area contributed by atoms with Gasteiger partial charge in [-0.15, -0.1) is 0 Å². The number of aromatic amines is 1. The Balaban J connectivity index is 1.57. The molecule has 0 radical (unpaired) electrons. The van der Waals surface area contributed by atoms with Crippen molar-refractivity contribution in [2.75, 3.05) is 6.54 Å². The van der Waals surface area contributed by atoms with E-state index in [9.17, 15) is 4.79 Å². The lowest BCUT2D eigenvalue weighted by atomic mass is 10.1. The van der Waals surface area contributed by atoms with Crippen molar-refractivity contribution in [3.63, 3.8) is 0 Å². The van der Waals surface area contributed by atoms with Crippen LogP contribution in [0, 0.1) is 6.92 Å². The van der Waals surface area contributed by atoms with Gasteiger partial charge in [-0.1, -0.05) is 23.4 Å².